The second-order valence-corrected chi connectivity index (χ2v) is 25.4. The van der Waals surface area contributed by atoms with Gasteiger partial charge < -0.3 is 14.2 Å². The molecule has 0 aromatic carbocycles. The molecule has 0 saturated carbocycles. The van der Waals surface area contributed by atoms with Gasteiger partial charge in [0, 0.05) is 19.3 Å². The fourth-order valence-corrected chi connectivity index (χ4v) is 10.9. The predicted molar refractivity (Wildman–Crippen MR) is 330 cm³/mol. The molecule has 0 bridgehead atoms. The van der Waals surface area contributed by atoms with E-state index in [-0.39, 0.29) is 31.1 Å². The number of hydrogen-bond acceptors (Lipinski definition) is 6. The van der Waals surface area contributed by atoms with Crippen LogP contribution in [0.25, 0.3) is 0 Å². The molecule has 0 spiro atoms. The fourth-order valence-electron chi connectivity index (χ4n) is 10.9. The molecule has 0 aliphatic heterocycles. The first-order valence-corrected chi connectivity index (χ1v) is 34.6. The summed E-state index contributed by atoms with van der Waals surface area (Å²) in [5.74, 6) is 1.78. The Balaban J connectivity index is 4.28. The van der Waals surface area contributed by atoms with Crippen molar-refractivity contribution in [2.75, 3.05) is 13.2 Å². The highest BCUT2D eigenvalue weighted by atomic mass is 16.6. The smallest absolute Gasteiger partial charge is 0.306 e. The molecule has 0 aliphatic carbocycles. The normalized spacial score (nSPS) is 12.5. The molecular weight excluding hydrogens is 937 g/mol. The predicted octanol–water partition coefficient (Wildman–Crippen LogP) is 23.4. The van der Waals surface area contributed by atoms with Crippen LogP contribution in [-0.2, 0) is 28.6 Å². The summed E-state index contributed by atoms with van der Waals surface area (Å²) in [7, 11) is 0. The standard InChI is InChI=1S/C70H136O6/c1-7-66(6)58-52-46-40-34-28-22-18-19-25-31-37-43-49-55-61-70(73)76-67(63-75-69(72)60-54-48-42-36-30-24-17-13-12-15-21-27-33-39-45-51-57-65(4)5)62-74-68(71)59-53-47-41-35-29-23-16-11-9-8-10-14-20-26-32-38-44-50-56-64(2)3/h64-67H,7-63H2,1-6H3/t66?,67-/m1/s1. The van der Waals surface area contributed by atoms with Crippen LogP contribution in [0.15, 0.2) is 0 Å². The lowest BCUT2D eigenvalue weighted by molar-refractivity contribution is -0.167. The van der Waals surface area contributed by atoms with Crippen LogP contribution in [0.4, 0.5) is 0 Å². The van der Waals surface area contributed by atoms with Crippen molar-refractivity contribution in [1.29, 1.82) is 0 Å². The largest absolute Gasteiger partial charge is 0.462 e. The zero-order valence-electron chi connectivity index (χ0n) is 52.6. The lowest BCUT2D eigenvalue weighted by Crippen LogP contribution is -2.30. The van der Waals surface area contributed by atoms with Gasteiger partial charge in [0.15, 0.2) is 6.10 Å². The molecular formula is C70H136O6. The molecule has 0 aromatic rings. The summed E-state index contributed by atoms with van der Waals surface area (Å²) in [6.07, 6.45) is 68.2. The summed E-state index contributed by atoms with van der Waals surface area (Å²) in [5.41, 5.74) is 0. The van der Waals surface area contributed by atoms with Crippen LogP contribution in [0.2, 0.25) is 0 Å². The summed E-state index contributed by atoms with van der Waals surface area (Å²) >= 11 is 0. The molecule has 76 heavy (non-hydrogen) atoms. The van der Waals surface area contributed by atoms with Crippen LogP contribution >= 0.6 is 0 Å². The van der Waals surface area contributed by atoms with E-state index in [1.165, 1.54) is 276 Å². The molecule has 0 heterocycles. The van der Waals surface area contributed by atoms with Gasteiger partial charge in [-0.25, -0.2) is 0 Å². The van der Waals surface area contributed by atoms with Gasteiger partial charge in [0.25, 0.3) is 0 Å². The highest BCUT2D eigenvalue weighted by molar-refractivity contribution is 5.71. The average molecular weight is 1070 g/mol. The quantitative estimate of drug-likeness (QED) is 0.0343. The van der Waals surface area contributed by atoms with E-state index in [4.69, 9.17) is 14.2 Å². The number of unbranched alkanes of at least 4 members (excludes halogenated alkanes) is 45. The SMILES string of the molecule is CCC(C)CCCCCCCCCCCCCCCCC(=O)O[C@H](COC(=O)CCCCCCCCCCCCCCCCCCCCC(C)C)COC(=O)CCCCCCCCCCCCCCCCCCC(C)C. The van der Waals surface area contributed by atoms with E-state index in [2.05, 4.69) is 41.5 Å². The van der Waals surface area contributed by atoms with Crippen molar-refractivity contribution >= 4 is 17.9 Å². The summed E-state index contributed by atoms with van der Waals surface area (Å²) < 4.78 is 17.0. The van der Waals surface area contributed by atoms with Gasteiger partial charge in [-0.15, -0.1) is 0 Å². The summed E-state index contributed by atoms with van der Waals surface area (Å²) in [4.78, 5) is 38.4. The van der Waals surface area contributed by atoms with Crippen molar-refractivity contribution in [3.63, 3.8) is 0 Å². The molecule has 0 amide bonds. The number of hydrogen-bond donors (Lipinski definition) is 0. The van der Waals surface area contributed by atoms with Gasteiger partial charge in [0.1, 0.15) is 13.2 Å². The molecule has 0 rings (SSSR count). The summed E-state index contributed by atoms with van der Waals surface area (Å²) in [5, 5.41) is 0. The van der Waals surface area contributed by atoms with Gasteiger partial charge in [-0.05, 0) is 37.0 Å². The number of carbonyl (C=O) groups excluding carboxylic acids is 3. The third kappa shape index (κ3) is 61.6. The van der Waals surface area contributed by atoms with Crippen molar-refractivity contribution < 1.29 is 28.6 Å². The van der Waals surface area contributed by atoms with E-state index in [1.54, 1.807) is 0 Å². The monoisotopic (exact) mass is 1070 g/mol. The van der Waals surface area contributed by atoms with Crippen LogP contribution in [0.5, 0.6) is 0 Å². The van der Waals surface area contributed by atoms with Crippen molar-refractivity contribution in [2.45, 2.75) is 401 Å². The first kappa shape index (κ1) is 74.4. The van der Waals surface area contributed by atoms with Crippen molar-refractivity contribution in [3.8, 4) is 0 Å². The van der Waals surface area contributed by atoms with Gasteiger partial charge in [-0.3, -0.25) is 14.4 Å². The van der Waals surface area contributed by atoms with Crippen molar-refractivity contribution in [2.24, 2.45) is 17.8 Å². The topological polar surface area (TPSA) is 78.9 Å². The fraction of sp³-hybridized carbons (Fsp3) is 0.957. The number of esters is 3. The Morgan fingerprint density at radius 2 is 0.461 bits per heavy atom. The number of carbonyl (C=O) groups is 3. The Labute approximate surface area is 476 Å². The Kier molecular flexibility index (Phi) is 59.8. The maximum atomic E-state index is 12.9. The Morgan fingerprint density at radius 3 is 0.684 bits per heavy atom. The van der Waals surface area contributed by atoms with Crippen LogP contribution in [-0.4, -0.2) is 37.2 Å². The summed E-state index contributed by atoms with van der Waals surface area (Å²) in [6.45, 7) is 13.9. The zero-order valence-corrected chi connectivity index (χ0v) is 52.6. The minimum Gasteiger partial charge on any atom is -0.462 e. The highest BCUT2D eigenvalue weighted by Gasteiger charge is 2.20. The van der Waals surface area contributed by atoms with Crippen molar-refractivity contribution in [3.05, 3.63) is 0 Å². The third-order valence-corrected chi connectivity index (χ3v) is 16.5. The molecule has 2 atom stereocenters. The first-order valence-electron chi connectivity index (χ1n) is 34.6. The molecule has 0 N–H and O–H groups in total. The van der Waals surface area contributed by atoms with E-state index in [9.17, 15) is 14.4 Å². The van der Waals surface area contributed by atoms with E-state index in [0.717, 1.165) is 75.5 Å². The molecule has 6 nitrogen and oxygen atoms in total. The lowest BCUT2D eigenvalue weighted by atomic mass is 9.99. The van der Waals surface area contributed by atoms with Crippen LogP contribution < -0.4 is 0 Å². The maximum Gasteiger partial charge on any atom is 0.306 e. The minimum atomic E-state index is -0.765. The van der Waals surface area contributed by atoms with E-state index in [1.807, 2.05) is 0 Å². The van der Waals surface area contributed by atoms with E-state index >= 15 is 0 Å². The highest BCUT2D eigenvalue weighted by Crippen LogP contribution is 2.20. The number of ether oxygens (including phenoxy) is 3. The number of rotatable bonds is 63. The zero-order chi connectivity index (χ0) is 55.5. The lowest BCUT2D eigenvalue weighted by Gasteiger charge is -2.18. The minimum absolute atomic E-state index is 0.0619. The van der Waals surface area contributed by atoms with Gasteiger partial charge in [0.05, 0.1) is 0 Å². The van der Waals surface area contributed by atoms with Crippen LogP contribution in [0.3, 0.4) is 0 Å². The molecule has 452 valence electrons. The molecule has 0 saturated heterocycles. The van der Waals surface area contributed by atoms with Gasteiger partial charge in [0.2, 0.25) is 0 Å². The molecule has 0 aliphatic rings. The molecule has 0 fully saturated rings. The molecule has 6 heteroatoms. The summed E-state index contributed by atoms with van der Waals surface area (Å²) in [6, 6.07) is 0. The Morgan fingerprint density at radius 1 is 0.263 bits per heavy atom. The molecule has 1 unspecified atom stereocenters. The van der Waals surface area contributed by atoms with E-state index < -0.39 is 6.10 Å². The maximum absolute atomic E-state index is 12.9. The van der Waals surface area contributed by atoms with Crippen LogP contribution in [0, 0.1) is 17.8 Å². The second kappa shape index (κ2) is 61.0. The average Bonchev–Trinajstić information content (AvgIpc) is 3.40. The molecule has 0 aromatic heterocycles. The van der Waals surface area contributed by atoms with Crippen molar-refractivity contribution in [1.82, 2.24) is 0 Å². The third-order valence-electron chi connectivity index (χ3n) is 16.5. The van der Waals surface area contributed by atoms with Gasteiger partial charge >= 0.3 is 17.9 Å². The van der Waals surface area contributed by atoms with E-state index in [0.29, 0.717) is 19.3 Å². The second-order valence-electron chi connectivity index (χ2n) is 25.4. The Hall–Kier alpha value is -1.59. The molecule has 0 radical (unpaired) electrons. The Bertz CT molecular complexity index is 1180. The van der Waals surface area contributed by atoms with Crippen LogP contribution in [0.1, 0.15) is 395 Å². The van der Waals surface area contributed by atoms with Gasteiger partial charge in [-0.1, -0.05) is 356 Å². The first-order chi connectivity index (χ1) is 37.1. The van der Waals surface area contributed by atoms with Gasteiger partial charge in [-0.2, -0.15) is 0 Å².